The Balaban J connectivity index is 0.00000196. The topological polar surface area (TPSA) is 37.0 Å². The number of rotatable bonds is 5. The highest BCUT2D eigenvalue weighted by atomic mass is 35.5. The minimum Gasteiger partial charge on any atom is -0.494 e. The van der Waals surface area contributed by atoms with Gasteiger partial charge in [-0.15, -0.1) is 12.4 Å². The van der Waals surface area contributed by atoms with Gasteiger partial charge >= 0.3 is 0 Å². The van der Waals surface area contributed by atoms with Gasteiger partial charge in [0.1, 0.15) is 5.75 Å². The Bertz CT molecular complexity index is 876. The fourth-order valence-electron chi connectivity index (χ4n) is 3.71. The van der Waals surface area contributed by atoms with Crippen LogP contribution in [-0.4, -0.2) is 24.7 Å². The molecule has 0 bridgehead atoms. The average molecular weight is 391 g/mol. The third-order valence-electron chi connectivity index (χ3n) is 4.86. The van der Waals surface area contributed by atoms with Crippen LogP contribution in [0.4, 0.5) is 0 Å². The molecule has 4 rings (SSSR count). The largest absolute Gasteiger partial charge is 0.494 e. The number of benzene rings is 2. The number of ether oxygens (including phenoxy) is 1. The van der Waals surface area contributed by atoms with Crippen molar-refractivity contribution < 1.29 is 4.74 Å². The van der Waals surface area contributed by atoms with Gasteiger partial charge in [-0.1, -0.05) is 29.8 Å². The van der Waals surface area contributed by atoms with Crippen LogP contribution in [0.3, 0.4) is 0 Å². The van der Waals surface area contributed by atoms with Crippen molar-refractivity contribution in [3.05, 3.63) is 64.3 Å². The second-order valence-electron chi connectivity index (χ2n) is 6.58. The Labute approximate surface area is 165 Å². The van der Waals surface area contributed by atoms with Crippen molar-refractivity contribution in [3.63, 3.8) is 0 Å². The lowest BCUT2D eigenvalue weighted by atomic mass is 9.99. The first-order valence-electron chi connectivity index (χ1n) is 9.01. The van der Waals surface area contributed by atoms with Crippen molar-refractivity contribution in [1.82, 2.24) is 10.3 Å². The van der Waals surface area contributed by atoms with Gasteiger partial charge in [0.05, 0.1) is 6.61 Å². The number of hydrogen-bond acceptors (Lipinski definition) is 2. The van der Waals surface area contributed by atoms with Crippen LogP contribution < -0.4 is 10.1 Å². The third kappa shape index (κ3) is 4.17. The highest BCUT2D eigenvalue weighted by Crippen LogP contribution is 2.28. The van der Waals surface area contributed by atoms with Crippen molar-refractivity contribution in [2.75, 3.05) is 19.7 Å². The van der Waals surface area contributed by atoms with E-state index in [-0.39, 0.29) is 12.4 Å². The van der Waals surface area contributed by atoms with Crippen molar-refractivity contribution in [3.8, 4) is 5.75 Å². The van der Waals surface area contributed by atoms with Crippen LogP contribution in [-0.2, 0) is 19.3 Å². The lowest BCUT2D eigenvalue weighted by Crippen LogP contribution is -2.16. The van der Waals surface area contributed by atoms with Gasteiger partial charge in [-0.05, 0) is 61.2 Å². The molecular formula is C21H24Cl2N2O. The van der Waals surface area contributed by atoms with Crippen molar-refractivity contribution >= 4 is 34.9 Å². The van der Waals surface area contributed by atoms with E-state index in [1.165, 1.54) is 27.7 Å². The minimum absolute atomic E-state index is 0. The fraction of sp³-hybridized carbons (Fsp3) is 0.333. The molecule has 0 amide bonds. The summed E-state index contributed by atoms with van der Waals surface area (Å²) in [5.41, 5.74) is 5.61. The number of fused-ring (bicyclic) bond motifs is 3. The summed E-state index contributed by atoms with van der Waals surface area (Å²) in [6.45, 7) is 2.82. The van der Waals surface area contributed by atoms with Gasteiger partial charge in [0, 0.05) is 34.6 Å². The molecule has 0 unspecified atom stereocenters. The fourth-order valence-corrected chi connectivity index (χ4v) is 3.89. The Hall–Kier alpha value is -1.68. The van der Waals surface area contributed by atoms with Crippen LogP contribution in [0.1, 0.15) is 23.2 Å². The monoisotopic (exact) mass is 390 g/mol. The zero-order valence-corrected chi connectivity index (χ0v) is 16.3. The molecule has 2 heterocycles. The maximum absolute atomic E-state index is 6.00. The smallest absolute Gasteiger partial charge is 0.120 e. The van der Waals surface area contributed by atoms with E-state index in [1.54, 1.807) is 0 Å². The summed E-state index contributed by atoms with van der Waals surface area (Å²) in [6, 6.07) is 14.2. The first-order chi connectivity index (χ1) is 12.3. The zero-order valence-electron chi connectivity index (χ0n) is 14.7. The summed E-state index contributed by atoms with van der Waals surface area (Å²) in [5.74, 6) is 0.840. The Morgan fingerprint density at radius 3 is 2.77 bits per heavy atom. The summed E-state index contributed by atoms with van der Waals surface area (Å²) in [6.07, 6.45) is 4.20. The molecule has 0 radical (unpaired) electrons. The molecular weight excluding hydrogens is 367 g/mol. The molecule has 5 heteroatoms. The van der Waals surface area contributed by atoms with Crippen LogP contribution in [0.2, 0.25) is 5.02 Å². The molecule has 1 aliphatic rings. The van der Waals surface area contributed by atoms with Crippen LogP contribution in [0.5, 0.6) is 5.75 Å². The lowest BCUT2D eigenvalue weighted by molar-refractivity contribution is 0.311. The predicted molar refractivity (Wildman–Crippen MR) is 111 cm³/mol. The standard InChI is InChI=1S/C21H23ClN2O.ClH/c22-16-6-2-7-17(14-16)25-13-3-5-15-4-1-8-20-21(15)18-9-11-23-12-10-19(18)24-20;/h1-2,4,6-8,14,23-24H,3,5,9-13H2;1H. The minimum atomic E-state index is 0. The Morgan fingerprint density at radius 1 is 1.04 bits per heavy atom. The SMILES string of the molecule is Cl.Clc1cccc(OCCCc2cccc3[nH]c4c(c23)CCNCC4)c1. The number of aromatic amines is 1. The molecule has 0 atom stereocenters. The van der Waals surface area contributed by atoms with Gasteiger partial charge in [0.2, 0.25) is 0 Å². The van der Waals surface area contributed by atoms with Crippen molar-refractivity contribution in [1.29, 1.82) is 0 Å². The molecule has 2 aromatic carbocycles. The Kier molecular flexibility index (Phi) is 6.47. The molecule has 0 aliphatic carbocycles. The normalized spacial score (nSPS) is 13.7. The highest BCUT2D eigenvalue weighted by molar-refractivity contribution is 6.30. The highest BCUT2D eigenvalue weighted by Gasteiger charge is 2.16. The van der Waals surface area contributed by atoms with E-state index in [1.807, 2.05) is 24.3 Å². The van der Waals surface area contributed by atoms with Gasteiger partial charge in [0.25, 0.3) is 0 Å². The third-order valence-corrected chi connectivity index (χ3v) is 5.10. The van der Waals surface area contributed by atoms with Crippen molar-refractivity contribution in [2.24, 2.45) is 0 Å². The maximum atomic E-state index is 6.00. The number of nitrogens with one attached hydrogen (secondary N) is 2. The molecule has 1 aromatic heterocycles. The molecule has 2 N–H and O–H groups in total. The van der Waals surface area contributed by atoms with Gasteiger partial charge in [-0.2, -0.15) is 0 Å². The number of aromatic nitrogens is 1. The summed E-state index contributed by atoms with van der Waals surface area (Å²) >= 11 is 6.00. The molecule has 1 aliphatic heterocycles. The average Bonchev–Trinajstić information content (AvgIpc) is 2.81. The molecule has 0 spiro atoms. The van der Waals surface area contributed by atoms with E-state index >= 15 is 0 Å². The van der Waals surface area contributed by atoms with E-state index in [0.29, 0.717) is 11.6 Å². The van der Waals surface area contributed by atoms with Crippen LogP contribution >= 0.6 is 24.0 Å². The number of hydrogen-bond donors (Lipinski definition) is 2. The lowest BCUT2D eigenvalue weighted by Gasteiger charge is -2.08. The second kappa shape index (κ2) is 8.81. The second-order valence-corrected chi connectivity index (χ2v) is 7.02. The molecule has 3 nitrogen and oxygen atoms in total. The maximum Gasteiger partial charge on any atom is 0.120 e. The van der Waals surface area contributed by atoms with Crippen LogP contribution in [0, 0.1) is 0 Å². The molecule has 3 aromatic rings. The van der Waals surface area contributed by atoms with E-state index in [9.17, 15) is 0 Å². The van der Waals surface area contributed by atoms with Crippen molar-refractivity contribution in [2.45, 2.75) is 25.7 Å². The van der Waals surface area contributed by atoms with Gasteiger partial charge in [-0.3, -0.25) is 0 Å². The number of halogens is 2. The van der Waals surface area contributed by atoms with Crippen LogP contribution in [0.25, 0.3) is 10.9 Å². The van der Waals surface area contributed by atoms with E-state index in [0.717, 1.165) is 44.5 Å². The summed E-state index contributed by atoms with van der Waals surface area (Å²) in [7, 11) is 0. The van der Waals surface area contributed by atoms with Gasteiger partial charge in [-0.25, -0.2) is 0 Å². The van der Waals surface area contributed by atoms with Crippen LogP contribution in [0.15, 0.2) is 42.5 Å². The molecule has 0 saturated heterocycles. The van der Waals surface area contributed by atoms with E-state index in [4.69, 9.17) is 16.3 Å². The molecule has 0 saturated carbocycles. The summed E-state index contributed by atoms with van der Waals surface area (Å²) in [5, 5.41) is 5.64. The predicted octanol–water partition coefficient (Wildman–Crippen LogP) is 4.94. The van der Waals surface area contributed by atoms with E-state index in [2.05, 4.69) is 28.5 Å². The van der Waals surface area contributed by atoms with E-state index < -0.39 is 0 Å². The Morgan fingerprint density at radius 2 is 1.88 bits per heavy atom. The number of aryl methyl sites for hydroxylation is 1. The first kappa shape index (κ1) is 19.1. The summed E-state index contributed by atoms with van der Waals surface area (Å²) < 4.78 is 5.83. The zero-order chi connectivity index (χ0) is 17.1. The molecule has 0 fully saturated rings. The molecule has 26 heavy (non-hydrogen) atoms. The first-order valence-corrected chi connectivity index (χ1v) is 9.39. The molecule has 138 valence electrons. The number of H-pyrrole nitrogens is 1. The summed E-state index contributed by atoms with van der Waals surface area (Å²) in [4.78, 5) is 3.63. The quantitative estimate of drug-likeness (QED) is 0.605. The van der Waals surface area contributed by atoms with Gasteiger partial charge < -0.3 is 15.0 Å². The van der Waals surface area contributed by atoms with Gasteiger partial charge in [0.15, 0.2) is 0 Å².